The van der Waals surface area contributed by atoms with Gasteiger partial charge in [0.2, 0.25) is 15.9 Å². The summed E-state index contributed by atoms with van der Waals surface area (Å²) in [5.74, 6) is 0.643. The Morgan fingerprint density at radius 2 is 1.85 bits per heavy atom. The number of benzene rings is 1. The second-order valence-electron chi connectivity index (χ2n) is 8.73. The average Bonchev–Trinajstić information content (AvgIpc) is 2.78. The monoisotopic (exact) mass is 493 g/mol. The first kappa shape index (κ1) is 25.5. The molecule has 2 aromatic rings. The van der Waals surface area contributed by atoms with Crippen LogP contribution in [0.4, 0.5) is 0 Å². The number of nitrogens with one attached hydrogen (secondary N) is 1. The van der Waals surface area contributed by atoms with E-state index in [0.29, 0.717) is 12.8 Å². The Hall–Kier alpha value is -2.16. The van der Waals surface area contributed by atoms with Crippen LogP contribution in [0.5, 0.6) is 5.75 Å². The van der Waals surface area contributed by atoms with Gasteiger partial charge in [0.15, 0.2) is 0 Å². The van der Waals surface area contributed by atoms with E-state index in [-0.39, 0.29) is 47.1 Å². The van der Waals surface area contributed by atoms with Crippen LogP contribution in [0.15, 0.2) is 47.5 Å². The molecule has 1 aliphatic rings. The highest BCUT2D eigenvalue weighted by atomic mass is 35.5. The fraction of sp³-hybridized carbons (Fsp3) is 0.500. The minimum atomic E-state index is -3.72. The Kier molecular flexibility index (Phi) is 8.73. The Balaban J connectivity index is 1.45. The Bertz CT molecular complexity index is 1040. The predicted molar refractivity (Wildman–Crippen MR) is 129 cm³/mol. The Labute approximate surface area is 201 Å². The SMILES string of the molecule is CC(CCc1ccc(OC(C)C)cc1)NC(=O)C1CCN(S(=O)(=O)c2cccnc2Cl)CC1. The number of aromatic nitrogens is 1. The maximum Gasteiger partial charge on any atom is 0.246 e. The molecule has 0 saturated carbocycles. The summed E-state index contributed by atoms with van der Waals surface area (Å²) in [7, 11) is -3.72. The summed E-state index contributed by atoms with van der Waals surface area (Å²) in [4.78, 5) is 16.6. The van der Waals surface area contributed by atoms with Gasteiger partial charge in [-0.25, -0.2) is 13.4 Å². The molecule has 0 radical (unpaired) electrons. The van der Waals surface area contributed by atoms with Crippen LogP contribution >= 0.6 is 11.6 Å². The lowest BCUT2D eigenvalue weighted by molar-refractivity contribution is -0.126. The number of hydrogen-bond acceptors (Lipinski definition) is 5. The topological polar surface area (TPSA) is 88.6 Å². The molecule has 1 saturated heterocycles. The molecule has 0 aliphatic carbocycles. The van der Waals surface area contributed by atoms with Crippen molar-refractivity contribution in [2.45, 2.75) is 63.5 Å². The summed E-state index contributed by atoms with van der Waals surface area (Å²) in [6, 6.07) is 11.1. The van der Waals surface area contributed by atoms with Gasteiger partial charge in [-0.15, -0.1) is 0 Å². The van der Waals surface area contributed by atoms with Gasteiger partial charge >= 0.3 is 0 Å². The first-order valence-electron chi connectivity index (χ1n) is 11.3. The largest absolute Gasteiger partial charge is 0.491 e. The zero-order valence-corrected chi connectivity index (χ0v) is 20.9. The van der Waals surface area contributed by atoms with E-state index in [1.54, 1.807) is 6.07 Å². The third-order valence-corrected chi connectivity index (χ3v) is 8.06. The van der Waals surface area contributed by atoms with Crippen LogP contribution in [-0.2, 0) is 21.2 Å². The summed E-state index contributed by atoms with van der Waals surface area (Å²) < 4.78 is 32.7. The van der Waals surface area contributed by atoms with Crippen molar-refractivity contribution in [3.63, 3.8) is 0 Å². The molecule has 0 spiro atoms. The minimum absolute atomic E-state index is 0.00647. The number of amides is 1. The number of sulfonamides is 1. The molecule has 1 N–H and O–H groups in total. The standard InChI is InChI=1S/C24H32ClN3O4S/c1-17(2)32-21-10-8-19(9-11-21)7-6-18(3)27-24(29)20-12-15-28(16-13-20)33(30,31)22-5-4-14-26-23(22)25/h4-5,8-11,14,17-18,20H,6-7,12-13,15-16H2,1-3H3,(H,27,29). The van der Waals surface area contributed by atoms with E-state index >= 15 is 0 Å². The number of aryl methyl sites for hydroxylation is 1. The molecule has 1 atom stereocenters. The van der Waals surface area contributed by atoms with Gasteiger partial charge in [0, 0.05) is 31.2 Å². The third kappa shape index (κ3) is 6.91. The van der Waals surface area contributed by atoms with E-state index in [1.807, 2.05) is 32.9 Å². The van der Waals surface area contributed by atoms with Crippen LogP contribution in [-0.4, -0.2) is 48.8 Å². The molecule has 1 fully saturated rings. The van der Waals surface area contributed by atoms with Crippen molar-refractivity contribution in [2.24, 2.45) is 5.92 Å². The van der Waals surface area contributed by atoms with Crippen LogP contribution < -0.4 is 10.1 Å². The fourth-order valence-corrected chi connectivity index (χ4v) is 5.78. The summed E-state index contributed by atoms with van der Waals surface area (Å²) in [6.45, 7) is 6.56. The Morgan fingerprint density at radius 1 is 1.18 bits per heavy atom. The normalized spacial score (nSPS) is 16.5. The molecule has 180 valence electrons. The zero-order chi connectivity index (χ0) is 24.0. The van der Waals surface area contributed by atoms with E-state index in [0.717, 1.165) is 18.6 Å². The van der Waals surface area contributed by atoms with Gasteiger partial charge in [0.1, 0.15) is 15.8 Å². The van der Waals surface area contributed by atoms with Gasteiger partial charge in [0.25, 0.3) is 0 Å². The van der Waals surface area contributed by atoms with Crippen molar-refractivity contribution in [3.05, 3.63) is 53.3 Å². The highest BCUT2D eigenvalue weighted by molar-refractivity contribution is 7.89. The average molecular weight is 494 g/mol. The first-order chi connectivity index (χ1) is 15.7. The van der Waals surface area contributed by atoms with E-state index in [4.69, 9.17) is 16.3 Å². The van der Waals surface area contributed by atoms with Gasteiger partial charge in [0.05, 0.1) is 6.10 Å². The number of hydrogen-bond donors (Lipinski definition) is 1. The molecule has 1 aromatic heterocycles. The number of nitrogens with zero attached hydrogens (tertiary/aromatic N) is 2. The smallest absolute Gasteiger partial charge is 0.246 e. The van der Waals surface area contributed by atoms with E-state index in [9.17, 15) is 13.2 Å². The van der Waals surface area contributed by atoms with E-state index < -0.39 is 10.0 Å². The van der Waals surface area contributed by atoms with E-state index in [2.05, 4.69) is 22.4 Å². The van der Waals surface area contributed by atoms with Gasteiger partial charge in [-0.3, -0.25) is 4.79 Å². The Morgan fingerprint density at radius 3 is 2.45 bits per heavy atom. The molecule has 1 unspecified atom stereocenters. The summed E-state index contributed by atoms with van der Waals surface area (Å²) in [5, 5.41) is 3.06. The van der Waals surface area contributed by atoms with Crippen molar-refractivity contribution in [3.8, 4) is 5.75 Å². The molecule has 1 amide bonds. The molecule has 0 bridgehead atoms. The minimum Gasteiger partial charge on any atom is -0.491 e. The van der Waals surface area contributed by atoms with Crippen LogP contribution in [0.1, 0.15) is 45.6 Å². The molecule has 33 heavy (non-hydrogen) atoms. The number of rotatable bonds is 9. The lowest BCUT2D eigenvalue weighted by Gasteiger charge is -2.31. The number of carbonyl (C=O) groups is 1. The van der Waals surface area contributed by atoms with Crippen LogP contribution in [0, 0.1) is 5.92 Å². The molecular formula is C24H32ClN3O4S. The van der Waals surface area contributed by atoms with Crippen molar-refractivity contribution in [2.75, 3.05) is 13.1 Å². The van der Waals surface area contributed by atoms with Gasteiger partial charge in [-0.05, 0) is 76.3 Å². The number of pyridine rings is 1. The molecule has 2 heterocycles. The third-order valence-electron chi connectivity index (χ3n) is 5.72. The fourth-order valence-electron chi connectivity index (χ4n) is 3.88. The predicted octanol–water partition coefficient (Wildman–Crippen LogP) is 4.06. The highest BCUT2D eigenvalue weighted by Gasteiger charge is 2.33. The number of halogens is 1. The highest BCUT2D eigenvalue weighted by Crippen LogP contribution is 2.27. The van der Waals surface area contributed by atoms with Gasteiger partial charge in [-0.2, -0.15) is 4.31 Å². The lowest BCUT2D eigenvalue weighted by atomic mass is 9.96. The van der Waals surface area contributed by atoms with Crippen molar-refractivity contribution in [1.29, 1.82) is 0 Å². The van der Waals surface area contributed by atoms with Gasteiger partial charge in [-0.1, -0.05) is 23.7 Å². The van der Waals surface area contributed by atoms with E-state index in [1.165, 1.54) is 22.1 Å². The molecule has 3 rings (SSSR count). The molecule has 1 aliphatic heterocycles. The first-order valence-corrected chi connectivity index (χ1v) is 13.1. The second kappa shape index (κ2) is 11.3. The number of ether oxygens (including phenoxy) is 1. The quantitative estimate of drug-likeness (QED) is 0.532. The van der Waals surface area contributed by atoms with Crippen LogP contribution in [0.2, 0.25) is 5.15 Å². The van der Waals surface area contributed by atoms with Crippen LogP contribution in [0.3, 0.4) is 0 Å². The maximum atomic E-state index is 12.8. The lowest BCUT2D eigenvalue weighted by Crippen LogP contribution is -2.44. The maximum absolute atomic E-state index is 12.8. The van der Waals surface area contributed by atoms with Crippen molar-refractivity contribution < 1.29 is 17.9 Å². The van der Waals surface area contributed by atoms with Gasteiger partial charge < -0.3 is 10.1 Å². The molecule has 1 aromatic carbocycles. The zero-order valence-electron chi connectivity index (χ0n) is 19.3. The summed E-state index contributed by atoms with van der Waals surface area (Å²) in [5.41, 5.74) is 1.19. The molecular weight excluding hydrogens is 462 g/mol. The summed E-state index contributed by atoms with van der Waals surface area (Å²) >= 11 is 5.98. The molecule has 7 nitrogen and oxygen atoms in total. The summed E-state index contributed by atoms with van der Waals surface area (Å²) in [6.07, 6.45) is 4.23. The van der Waals surface area contributed by atoms with Crippen molar-refractivity contribution in [1.82, 2.24) is 14.6 Å². The molecule has 9 heteroatoms. The van der Waals surface area contributed by atoms with Crippen LogP contribution in [0.25, 0.3) is 0 Å². The second-order valence-corrected chi connectivity index (χ2v) is 11.0. The number of piperidine rings is 1. The van der Waals surface area contributed by atoms with Crippen molar-refractivity contribution >= 4 is 27.5 Å². The number of carbonyl (C=O) groups excluding carboxylic acids is 1.